The van der Waals surface area contributed by atoms with Crippen molar-refractivity contribution >= 4 is 5.71 Å². The van der Waals surface area contributed by atoms with E-state index in [0.717, 1.165) is 25.9 Å². The molecule has 0 aromatic heterocycles. The number of fused-ring (bicyclic) bond motifs is 2. The maximum absolute atomic E-state index is 4.76. The van der Waals surface area contributed by atoms with E-state index >= 15 is 0 Å². The van der Waals surface area contributed by atoms with Gasteiger partial charge in [0.25, 0.3) is 0 Å². The maximum atomic E-state index is 4.76. The van der Waals surface area contributed by atoms with Crippen molar-refractivity contribution in [3.63, 3.8) is 0 Å². The van der Waals surface area contributed by atoms with Gasteiger partial charge in [0.15, 0.2) is 0 Å². The predicted molar refractivity (Wildman–Crippen MR) is 106 cm³/mol. The summed E-state index contributed by atoms with van der Waals surface area (Å²) in [5.74, 6) is 0.267. The second-order valence-corrected chi connectivity index (χ2v) is 6.81. The summed E-state index contributed by atoms with van der Waals surface area (Å²) in [6.45, 7) is 8.07. The van der Waals surface area contributed by atoms with Crippen LogP contribution in [0.3, 0.4) is 0 Å². The molecular weight excluding hydrogens is 304 g/mol. The van der Waals surface area contributed by atoms with Gasteiger partial charge >= 0.3 is 0 Å². The number of nitrogens with zero attached hydrogens (tertiary/aromatic N) is 1. The lowest BCUT2D eigenvalue weighted by atomic mass is 9.82. The number of aliphatic imine (C=N–C) groups is 1. The van der Waals surface area contributed by atoms with Crippen molar-refractivity contribution in [3.8, 4) is 0 Å². The summed E-state index contributed by atoms with van der Waals surface area (Å²) in [4.78, 5) is 4.76. The first kappa shape index (κ1) is 16.0. The van der Waals surface area contributed by atoms with E-state index in [-0.39, 0.29) is 5.92 Å². The lowest BCUT2D eigenvalue weighted by Crippen LogP contribution is -2.23. The number of rotatable bonds is 4. The Balaban J connectivity index is 1.56. The van der Waals surface area contributed by atoms with Crippen molar-refractivity contribution in [3.05, 3.63) is 94.8 Å². The minimum Gasteiger partial charge on any atom is -0.312 e. The van der Waals surface area contributed by atoms with Crippen LogP contribution in [0.4, 0.5) is 0 Å². The molecule has 0 saturated carbocycles. The summed E-state index contributed by atoms with van der Waals surface area (Å²) in [6, 6.07) is 6.95. The summed E-state index contributed by atoms with van der Waals surface area (Å²) < 4.78 is 0. The fourth-order valence-corrected chi connectivity index (χ4v) is 3.96. The predicted octanol–water partition coefficient (Wildman–Crippen LogP) is 4.46. The monoisotopic (exact) mass is 328 g/mol. The molecule has 4 rings (SSSR count). The van der Waals surface area contributed by atoms with Gasteiger partial charge in [-0.3, -0.25) is 4.99 Å². The molecule has 2 heteroatoms. The second-order valence-electron chi connectivity index (χ2n) is 6.81. The van der Waals surface area contributed by atoms with E-state index in [1.165, 1.54) is 39.1 Å². The largest absolute Gasteiger partial charge is 0.312 e. The number of nitrogens with one attached hydrogen (secondary N) is 1. The average Bonchev–Trinajstić information content (AvgIpc) is 3.08. The third-order valence-electron chi connectivity index (χ3n) is 5.32. The molecule has 25 heavy (non-hydrogen) atoms. The van der Waals surface area contributed by atoms with Gasteiger partial charge in [-0.15, -0.1) is 0 Å². The zero-order valence-corrected chi connectivity index (χ0v) is 14.8. The Morgan fingerprint density at radius 1 is 1.36 bits per heavy atom. The lowest BCUT2D eigenvalue weighted by molar-refractivity contribution is 0.643. The molecule has 2 aliphatic heterocycles. The van der Waals surface area contributed by atoms with Crippen LogP contribution in [0.15, 0.2) is 83.1 Å². The van der Waals surface area contributed by atoms with Crippen molar-refractivity contribution in [1.82, 2.24) is 5.32 Å². The molecule has 1 aliphatic carbocycles. The quantitative estimate of drug-likeness (QED) is 0.811. The van der Waals surface area contributed by atoms with Crippen molar-refractivity contribution < 1.29 is 0 Å². The van der Waals surface area contributed by atoms with Crippen LogP contribution in [0.1, 0.15) is 23.6 Å². The fraction of sp³-hybridized carbons (Fsp3) is 0.261. The summed E-state index contributed by atoms with van der Waals surface area (Å²) in [6.07, 6.45) is 14.8. The highest BCUT2D eigenvalue weighted by Crippen LogP contribution is 2.34. The lowest BCUT2D eigenvalue weighted by Gasteiger charge is -2.21. The first-order chi connectivity index (χ1) is 12.3. The van der Waals surface area contributed by atoms with E-state index in [2.05, 4.69) is 61.3 Å². The van der Waals surface area contributed by atoms with Crippen LogP contribution < -0.4 is 5.32 Å². The summed E-state index contributed by atoms with van der Waals surface area (Å²) >= 11 is 0. The molecule has 2 heterocycles. The number of allylic oxidation sites excluding steroid dienone is 8. The topological polar surface area (TPSA) is 24.4 Å². The molecule has 0 fully saturated rings. The Hall–Kier alpha value is -2.45. The molecule has 3 aliphatic rings. The van der Waals surface area contributed by atoms with Gasteiger partial charge in [0.1, 0.15) is 0 Å². The van der Waals surface area contributed by atoms with Crippen molar-refractivity contribution in [1.29, 1.82) is 0 Å². The molecule has 0 saturated heterocycles. The van der Waals surface area contributed by atoms with Crippen molar-refractivity contribution in [2.24, 2.45) is 10.9 Å². The standard InChI is InChI=1S/C23H24N2/c1-3-17(4-2)22-15-25-23-19(6-5-7-21(22)23)12-16-8-9-18-10-11-24-14-20(18)13-16/h3-9,13,15,21,24H,1,10-12,14H2,2H3/b17-4+. The number of benzene rings is 1. The first-order valence-electron chi connectivity index (χ1n) is 9.06. The van der Waals surface area contributed by atoms with Crippen LogP contribution in [-0.2, 0) is 19.4 Å². The third-order valence-corrected chi connectivity index (χ3v) is 5.32. The van der Waals surface area contributed by atoms with Gasteiger partial charge in [-0.05, 0) is 59.7 Å². The van der Waals surface area contributed by atoms with Crippen LogP contribution in [0.2, 0.25) is 0 Å². The van der Waals surface area contributed by atoms with Crippen LogP contribution >= 0.6 is 0 Å². The Labute approximate surface area is 150 Å². The van der Waals surface area contributed by atoms with Crippen LogP contribution in [0.5, 0.6) is 0 Å². The minimum absolute atomic E-state index is 0.267. The highest BCUT2D eigenvalue weighted by atomic mass is 14.9. The molecule has 0 amide bonds. The molecule has 126 valence electrons. The van der Waals surface area contributed by atoms with Gasteiger partial charge in [0.05, 0.1) is 5.71 Å². The summed E-state index contributed by atoms with van der Waals surface area (Å²) in [7, 11) is 0. The van der Waals surface area contributed by atoms with E-state index in [1.807, 2.05) is 12.3 Å². The molecular formula is C23H24N2. The van der Waals surface area contributed by atoms with Gasteiger partial charge < -0.3 is 5.32 Å². The molecule has 1 aromatic carbocycles. The average molecular weight is 328 g/mol. The Kier molecular flexibility index (Phi) is 4.37. The Morgan fingerprint density at radius 3 is 3.12 bits per heavy atom. The first-order valence-corrected chi connectivity index (χ1v) is 9.06. The van der Waals surface area contributed by atoms with E-state index in [0.29, 0.717) is 0 Å². The van der Waals surface area contributed by atoms with Gasteiger partial charge in [0, 0.05) is 18.7 Å². The molecule has 1 unspecified atom stereocenters. The van der Waals surface area contributed by atoms with Crippen LogP contribution in [-0.4, -0.2) is 12.3 Å². The molecule has 1 N–H and O–H groups in total. The smallest absolute Gasteiger partial charge is 0.0552 e. The molecule has 2 nitrogen and oxygen atoms in total. The summed E-state index contributed by atoms with van der Waals surface area (Å²) in [5, 5.41) is 3.47. The fourth-order valence-electron chi connectivity index (χ4n) is 3.96. The van der Waals surface area contributed by atoms with Crippen molar-refractivity contribution in [2.75, 3.05) is 6.54 Å². The zero-order chi connectivity index (χ0) is 17.2. The van der Waals surface area contributed by atoms with Gasteiger partial charge in [-0.1, -0.05) is 55.2 Å². The molecule has 1 atom stereocenters. The minimum atomic E-state index is 0.267. The number of hydrogen-bond donors (Lipinski definition) is 1. The molecule has 1 aromatic rings. The Morgan fingerprint density at radius 2 is 2.28 bits per heavy atom. The molecule has 0 bridgehead atoms. The van der Waals surface area contributed by atoms with Crippen LogP contribution in [0.25, 0.3) is 0 Å². The van der Waals surface area contributed by atoms with E-state index in [4.69, 9.17) is 4.99 Å². The van der Waals surface area contributed by atoms with E-state index < -0.39 is 0 Å². The van der Waals surface area contributed by atoms with Gasteiger partial charge in [0.2, 0.25) is 0 Å². The zero-order valence-electron chi connectivity index (χ0n) is 14.8. The van der Waals surface area contributed by atoms with Gasteiger partial charge in [-0.25, -0.2) is 0 Å². The second kappa shape index (κ2) is 6.81. The number of hydrogen-bond acceptors (Lipinski definition) is 2. The van der Waals surface area contributed by atoms with Gasteiger partial charge in [-0.2, -0.15) is 0 Å². The SMILES string of the molecule is C=C/C(=C\C)C1=CN=C2C(Cc3ccc4c(c3)CNCC4)=CC=CC12. The highest BCUT2D eigenvalue weighted by molar-refractivity contribution is 6.08. The molecule has 0 radical (unpaired) electrons. The maximum Gasteiger partial charge on any atom is 0.0552 e. The summed E-state index contributed by atoms with van der Waals surface area (Å²) in [5.41, 5.74) is 9.25. The normalized spacial score (nSPS) is 21.9. The van der Waals surface area contributed by atoms with E-state index in [9.17, 15) is 0 Å². The third kappa shape index (κ3) is 2.98. The van der Waals surface area contributed by atoms with Crippen LogP contribution in [0, 0.1) is 5.92 Å². The van der Waals surface area contributed by atoms with E-state index in [1.54, 1.807) is 0 Å². The van der Waals surface area contributed by atoms with Crippen molar-refractivity contribution in [2.45, 2.75) is 26.3 Å². The molecule has 0 spiro atoms. The highest BCUT2D eigenvalue weighted by Gasteiger charge is 2.28. The Bertz CT molecular complexity index is 862.